The molecular weight excluding hydrogens is 232 g/mol. The third kappa shape index (κ3) is 3.71. The smallest absolute Gasteiger partial charge is 0.0372 e. The maximum absolute atomic E-state index is 3.69. The summed E-state index contributed by atoms with van der Waals surface area (Å²) in [6, 6.07) is 13.2. The van der Waals surface area contributed by atoms with Gasteiger partial charge in [-0.2, -0.15) is 0 Å². The molecule has 0 radical (unpaired) electrons. The van der Waals surface area contributed by atoms with Crippen LogP contribution < -0.4 is 5.32 Å². The van der Waals surface area contributed by atoms with E-state index in [4.69, 9.17) is 0 Å². The van der Waals surface area contributed by atoms with E-state index in [0.29, 0.717) is 6.04 Å². The summed E-state index contributed by atoms with van der Waals surface area (Å²) in [5.74, 6) is 0. The number of benzene rings is 1. The minimum Gasteiger partial charge on any atom is -0.357 e. The molecule has 0 saturated heterocycles. The predicted octanol–water partition coefficient (Wildman–Crippen LogP) is 3.90. The SMILES string of the molecule is Cn1ccc(CNC(c2ccccc2)C(C)(C)C)c1. The van der Waals surface area contributed by atoms with Crippen molar-refractivity contribution in [2.45, 2.75) is 33.4 Å². The third-order valence-electron chi connectivity index (χ3n) is 3.40. The Morgan fingerprint density at radius 1 is 1.11 bits per heavy atom. The molecule has 1 unspecified atom stereocenters. The zero-order valence-electron chi connectivity index (χ0n) is 12.4. The molecule has 0 bridgehead atoms. The molecule has 1 aromatic carbocycles. The number of hydrogen-bond donors (Lipinski definition) is 1. The quantitative estimate of drug-likeness (QED) is 0.878. The summed E-state index contributed by atoms with van der Waals surface area (Å²) in [5.41, 5.74) is 2.87. The number of rotatable bonds is 4. The van der Waals surface area contributed by atoms with E-state index >= 15 is 0 Å². The van der Waals surface area contributed by atoms with Crippen LogP contribution in [0.2, 0.25) is 0 Å². The summed E-state index contributed by atoms with van der Waals surface area (Å²) in [7, 11) is 2.06. The van der Waals surface area contributed by atoms with Crippen molar-refractivity contribution >= 4 is 0 Å². The summed E-state index contributed by atoms with van der Waals surface area (Å²) in [5, 5.41) is 3.69. The van der Waals surface area contributed by atoms with Gasteiger partial charge in [0.25, 0.3) is 0 Å². The molecule has 19 heavy (non-hydrogen) atoms. The number of aromatic nitrogens is 1. The summed E-state index contributed by atoms with van der Waals surface area (Å²) in [4.78, 5) is 0. The normalized spacial score (nSPS) is 13.5. The Morgan fingerprint density at radius 3 is 2.32 bits per heavy atom. The van der Waals surface area contributed by atoms with Crippen molar-refractivity contribution in [2.24, 2.45) is 12.5 Å². The van der Waals surface area contributed by atoms with E-state index in [1.54, 1.807) is 0 Å². The second-order valence-corrected chi connectivity index (χ2v) is 6.28. The average molecular weight is 256 g/mol. The van der Waals surface area contributed by atoms with E-state index < -0.39 is 0 Å². The lowest BCUT2D eigenvalue weighted by Crippen LogP contribution is -2.31. The lowest BCUT2D eigenvalue weighted by atomic mass is 9.82. The molecule has 0 amide bonds. The van der Waals surface area contributed by atoms with Crippen LogP contribution in [0.1, 0.15) is 37.9 Å². The van der Waals surface area contributed by atoms with Gasteiger partial charge in [0.05, 0.1) is 0 Å². The van der Waals surface area contributed by atoms with Crippen molar-refractivity contribution in [2.75, 3.05) is 0 Å². The molecular formula is C17H24N2. The average Bonchev–Trinajstić information content (AvgIpc) is 2.75. The fraction of sp³-hybridized carbons (Fsp3) is 0.412. The molecule has 2 aromatic rings. The highest BCUT2D eigenvalue weighted by atomic mass is 14.9. The molecule has 0 aliphatic rings. The third-order valence-corrected chi connectivity index (χ3v) is 3.40. The van der Waals surface area contributed by atoms with Crippen molar-refractivity contribution in [3.05, 3.63) is 59.9 Å². The van der Waals surface area contributed by atoms with Crippen molar-refractivity contribution in [1.82, 2.24) is 9.88 Å². The highest BCUT2D eigenvalue weighted by Crippen LogP contribution is 2.32. The van der Waals surface area contributed by atoms with E-state index in [-0.39, 0.29) is 5.41 Å². The van der Waals surface area contributed by atoms with E-state index in [0.717, 1.165) is 6.54 Å². The van der Waals surface area contributed by atoms with Gasteiger partial charge >= 0.3 is 0 Å². The maximum Gasteiger partial charge on any atom is 0.0372 e. The van der Waals surface area contributed by atoms with E-state index in [2.05, 4.69) is 86.5 Å². The molecule has 0 aliphatic heterocycles. The number of nitrogens with zero attached hydrogens (tertiary/aromatic N) is 1. The molecule has 2 heteroatoms. The summed E-state index contributed by atoms with van der Waals surface area (Å²) < 4.78 is 2.09. The molecule has 1 heterocycles. The summed E-state index contributed by atoms with van der Waals surface area (Å²) in [6.45, 7) is 7.74. The summed E-state index contributed by atoms with van der Waals surface area (Å²) in [6.07, 6.45) is 4.25. The van der Waals surface area contributed by atoms with Crippen LogP contribution in [0, 0.1) is 5.41 Å². The lowest BCUT2D eigenvalue weighted by Gasteiger charge is -2.32. The van der Waals surface area contributed by atoms with Crippen LogP contribution in [-0.2, 0) is 13.6 Å². The van der Waals surface area contributed by atoms with Crippen LogP contribution in [0.4, 0.5) is 0 Å². The van der Waals surface area contributed by atoms with E-state index in [1.165, 1.54) is 11.1 Å². The molecule has 1 N–H and O–H groups in total. The van der Waals surface area contributed by atoms with Gasteiger partial charge in [0, 0.05) is 32.0 Å². The number of hydrogen-bond acceptors (Lipinski definition) is 1. The molecule has 1 atom stereocenters. The minimum atomic E-state index is 0.191. The Bertz CT molecular complexity index is 506. The Labute approximate surface area is 116 Å². The Kier molecular flexibility index (Phi) is 4.11. The fourth-order valence-electron chi connectivity index (χ4n) is 2.45. The predicted molar refractivity (Wildman–Crippen MR) is 80.9 cm³/mol. The van der Waals surface area contributed by atoms with Crippen LogP contribution in [0.3, 0.4) is 0 Å². The summed E-state index contributed by atoms with van der Waals surface area (Å²) >= 11 is 0. The molecule has 0 spiro atoms. The van der Waals surface area contributed by atoms with Gasteiger partial charge < -0.3 is 9.88 Å². The standard InChI is InChI=1S/C17H24N2/c1-17(2,3)16(15-8-6-5-7-9-15)18-12-14-10-11-19(4)13-14/h5-11,13,16,18H,12H2,1-4H3. The first-order valence-corrected chi connectivity index (χ1v) is 6.86. The molecule has 0 saturated carbocycles. The first-order valence-electron chi connectivity index (χ1n) is 6.86. The maximum atomic E-state index is 3.69. The fourth-order valence-corrected chi connectivity index (χ4v) is 2.45. The van der Waals surface area contributed by atoms with Crippen LogP contribution in [-0.4, -0.2) is 4.57 Å². The van der Waals surface area contributed by atoms with Gasteiger partial charge in [-0.1, -0.05) is 51.1 Å². The van der Waals surface area contributed by atoms with E-state index in [9.17, 15) is 0 Å². The molecule has 2 rings (SSSR count). The second-order valence-electron chi connectivity index (χ2n) is 6.28. The van der Waals surface area contributed by atoms with Crippen LogP contribution in [0.25, 0.3) is 0 Å². The van der Waals surface area contributed by atoms with Gasteiger partial charge in [0.15, 0.2) is 0 Å². The first-order chi connectivity index (χ1) is 8.97. The van der Waals surface area contributed by atoms with Gasteiger partial charge in [-0.15, -0.1) is 0 Å². The Hall–Kier alpha value is -1.54. The monoisotopic (exact) mass is 256 g/mol. The van der Waals surface area contributed by atoms with Crippen molar-refractivity contribution in [3.63, 3.8) is 0 Å². The largest absolute Gasteiger partial charge is 0.357 e. The van der Waals surface area contributed by atoms with E-state index in [1.807, 2.05) is 0 Å². The molecule has 1 aromatic heterocycles. The van der Waals surface area contributed by atoms with Crippen LogP contribution in [0.15, 0.2) is 48.8 Å². The Balaban J connectivity index is 2.11. The van der Waals surface area contributed by atoms with Crippen molar-refractivity contribution in [3.8, 4) is 0 Å². The number of aryl methyl sites for hydroxylation is 1. The van der Waals surface area contributed by atoms with Gasteiger partial charge in [-0.25, -0.2) is 0 Å². The molecule has 0 fully saturated rings. The van der Waals surface area contributed by atoms with Gasteiger partial charge in [0.1, 0.15) is 0 Å². The highest BCUT2D eigenvalue weighted by molar-refractivity contribution is 5.21. The van der Waals surface area contributed by atoms with Gasteiger partial charge in [-0.3, -0.25) is 0 Å². The van der Waals surface area contributed by atoms with Gasteiger partial charge in [0.2, 0.25) is 0 Å². The Morgan fingerprint density at radius 2 is 1.79 bits per heavy atom. The molecule has 102 valence electrons. The van der Waals surface area contributed by atoms with Gasteiger partial charge in [-0.05, 0) is 22.6 Å². The minimum absolute atomic E-state index is 0.191. The van der Waals surface area contributed by atoms with Crippen molar-refractivity contribution < 1.29 is 0 Å². The topological polar surface area (TPSA) is 17.0 Å². The van der Waals surface area contributed by atoms with Crippen LogP contribution in [0.5, 0.6) is 0 Å². The molecule has 2 nitrogen and oxygen atoms in total. The first kappa shape index (κ1) is 13.9. The zero-order chi connectivity index (χ0) is 13.9. The second kappa shape index (κ2) is 5.62. The van der Waals surface area contributed by atoms with Crippen LogP contribution >= 0.6 is 0 Å². The highest BCUT2D eigenvalue weighted by Gasteiger charge is 2.25. The number of nitrogens with one attached hydrogen (secondary N) is 1. The zero-order valence-corrected chi connectivity index (χ0v) is 12.4. The van der Waals surface area contributed by atoms with Crippen molar-refractivity contribution in [1.29, 1.82) is 0 Å². The lowest BCUT2D eigenvalue weighted by molar-refractivity contribution is 0.271. The molecule has 0 aliphatic carbocycles.